The van der Waals surface area contributed by atoms with E-state index in [1.807, 2.05) is 0 Å². The molecule has 0 aliphatic carbocycles. The Morgan fingerprint density at radius 1 is 1.14 bits per heavy atom. The zero-order chi connectivity index (χ0) is 4.50. The molecule has 0 atom stereocenters. The minimum atomic E-state index is -4.67. The van der Waals surface area contributed by atoms with E-state index in [9.17, 15) is 0 Å². The molecular formula is H5CdNO4S. The molecule has 0 aromatic heterocycles. The number of rotatable bonds is 0. The summed E-state index contributed by atoms with van der Waals surface area (Å²) in [5.74, 6) is 0. The standard InChI is InChI=1S/Cd.H3N.H2O4S/c;;1-5(2,3)4/h;1H3;(H2,1,2,3,4). The number of hydrogen-bond acceptors (Lipinski definition) is 3. The molecule has 0 aliphatic heterocycles. The summed E-state index contributed by atoms with van der Waals surface area (Å²) in [6.07, 6.45) is 0. The van der Waals surface area contributed by atoms with E-state index in [-0.39, 0.29) is 33.4 Å². The van der Waals surface area contributed by atoms with Crippen LogP contribution >= 0.6 is 0 Å². The van der Waals surface area contributed by atoms with Crippen LogP contribution < -0.4 is 6.15 Å². The van der Waals surface area contributed by atoms with Crippen LogP contribution in [0.2, 0.25) is 0 Å². The number of hydrogen-bond donors (Lipinski definition) is 3. The van der Waals surface area contributed by atoms with Crippen molar-refractivity contribution in [2.45, 2.75) is 0 Å². The van der Waals surface area contributed by atoms with Crippen molar-refractivity contribution in [1.82, 2.24) is 6.15 Å². The molecule has 0 radical (unpaired) electrons. The summed E-state index contributed by atoms with van der Waals surface area (Å²) >= 11 is 0. The Morgan fingerprint density at radius 3 is 1.14 bits per heavy atom. The van der Waals surface area contributed by atoms with Crippen LogP contribution in [0.1, 0.15) is 0 Å². The molecule has 0 fully saturated rings. The Hall–Kier alpha value is 0.752. The van der Waals surface area contributed by atoms with Crippen LogP contribution in [0, 0.1) is 0 Å². The summed E-state index contributed by atoms with van der Waals surface area (Å²) in [7, 11) is -4.67. The molecule has 7 heavy (non-hydrogen) atoms. The van der Waals surface area contributed by atoms with Crippen LogP contribution in [0.15, 0.2) is 0 Å². The van der Waals surface area contributed by atoms with Gasteiger partial charge in [-0.1, -0.05) is 0 Å². The molecule has 0 amide bonds. The van der Waals surface area contributed by atoms with Crippen LogP contribution in [0.25, 0.3) is 0 Å². The Morgan fingerprint density at radius 2 is 1.14 bits per heavy atom. The topological polar surface area (TPSA) is 110 Å². The zero-order valence-electron chi connectivity index (χ0n) is 3.53. The Balaban J connectivity index is -0.0000000800. The smallest absolute Gasteiger partial charge is 0.344 e. The monoisotopic (exact) mass is 229 g/mol. The largest absolute Gasteiger partial charge is 0.394 e. The molecular weight excluding hydrogens is 222 g/mol. The van der Waals surface area contributed by atoms with Crippen LogP contribution in [0.5, 0.6) is 0 Å². The van der Waals surface area contributed by atoms with Gasteiger partial charge in [0.25, 0.3) is 0 Å². The van der Waals surface area contributed by atoms with E-state index < -0.39 is 10.4 Å². The van der Waals surface area contributed by atoms with Gasteiger partial charge in [0.1, 0.15) is 0 Å². The van der Waals surface area contributed by atoms with E-state index in [4.69, 9.17) is 17.5 Å². The third kappa shape index (κ3) is 270. The zero-order valence-corrected chi connectivity index (χ0v) is 8.39. The normalized spacial score (nSPS) is 8.29. The third-order valence-corrected chi connectivity index (χ3v) is 0. The molecule has 0 heterocycles. The van der Waals surface area contributed by atoms with Gasteiger partial charge in [-0.05, 0) is 0 Å². The maximum Gasteiger partial charge on any atom is 0.394 e. The second-order valence-corrected chi connectivity index (χ2v) is 1.34. The van der Waals surface area contributed by atoms with Gasteiger partial charge in [-0.15, -0.1) is 0 Å². The molecule has 0 aliphatic rings. The van der Waals surface area contributed by atoms with E-state index in [1.54, 1.807) is 0 Å². The molecule has 42 valence electrons. The quantitative estimate of drug-likeness (QED) is 0.382. The van der Waals surface area contributed by atoms with E-state index in [0.29, 0.717) is 0 Å². The van der Waals surface area contributed by atoms with Crippen molar-refractivity contribution in [2.75, 3.05) is 0 Å². The van der Waals surface area contributed by atoms with Gasteiger partial charge < -0.3 is 6.15 Å². The average Bonchev–Trinajstić information content (AvgIpc) is 0.722. The molecule has 5 N–H and O–H groups in total. The van der Waals surface area contributed by atoms with Gasteiger partial charge in [0.05, 0.1) is 0 Å². The molecule has 0 unspecified atom stereocenters. The van der Waals surface area contributed by atoms with Gasteiger partial charge in [0, 0.05) is 27.3 Å². The van der Waals surface area contributed by atoms with Crippen molar-refractivity contribution in [3.8, 4) is 0 Å². The summed E-state index contributed by atoms with van der Waals surface area (Å²) < 4.78 is 31.6. The first kappa shape index (κ1) is 15.7. The molecule has 0 aromatic rings. The van der Waals surface area contributed by atoms with Gasteiger partial charge in [0.2, 0.25) is 0 Å². The SMILES string of the molecule is N.O=S(=O)(O)O.[Cd]. The van der Waals surface area contributed by atoms with Gasteiger partial charge in [-0.3, -0.25) is 9.11 Å². The van der Waals surface area contributed by atoms with Gasteiger partial charge in [-0.25, -0.2) is 0 Å². The van der Waals surface area contributed by atoms with E-state index in [2.05, 4.69) is 0 Å². The summed E-state index contributed by atoms with van der Waals surface area (Å²) in [5, 5.41) is 0. The summed E-state index contributed by atoms with van der Waals surface area (Å²) in [4.78, 5) is 0. The Bertz CT molecular complexity index is 94.9. The molecule has 0 saturated carbocycles. The van der Waals surface area contributed by atoms with Gasteiger partial charge in [-0.2, -0.15) is 8.42 Å². The molecule has 0 aromatic carbocycles. The van der Waals surface area contributed by atoms with Gasteiger partial charge in [0.15, 0.2) is 0 Å². The van der Waals surface area contributed by atoms with Crippen molar-refractivity contribution in [3.05, 3.63) is 0 Å². The average molecular weight is 228 g/mol. The molecule has 5 nitrogen and oxygen atoms in total. The maximum atomic E-state index is 8.74. The fourth-order valence-corrected chi connectivity index (χ4v) is 0. The third-order valence-electron chi connectivity index (χ3n) is 0. The molecule has 7 heteroatoms. The fourth-order valence-electron chi connectivity index (χ4n) is 0. The van der Waals surface area contributed by atoms with Crippen LogP contribution in [0.4, 0.5) is 0 Å². The van der Waals surface area contributed by atoms with Crippen molar-refractivity contribution < 1.29 is 44.8 Å². The fraction of sp³-hybridized carbons (Fsp3) is 0. The minimum absolute atomic E-state index is 0. The van der Waals surface area contributed by atoms with E-state index in [1.165, 1.54) is 0 Å². The molecule has 0 saturated heterocycles. The van der Waals surface area contributed by atoms with Crippen LogP contribution in [0.3, 0.4) is 0 Å². The van der Waals surface area contributed by atoms with Crippen LogP contribution in [-0.4, -0.2) is 17.5 Å². The summed E-state index contributed by atoms with van der Waals surface area (Å²) in [6, 6.07) is 0. The van der Waals surface area contributed by atoms with E-state index >= 15 is 0 Å². The second-order valence-electron chi connectivity index (χ2n) is 0.448. The predicted octanol–water partition coefficient (Wildman–Crippen LogP) is -0.493. The van der Waals surface area contributed by atoms with E-state index in [0.717, 1.165) is 0 Å². The minimum Gasteiger partial charge on any atom is -0.344 e. The molecule has 0 rings (SSSR count). The van der Waals surface area contributed by atoms with Crippen molar-refractivity contribution >= 4 is 10.4 Å². The van der Waals surface area contributed by atoms with Crippen LogP contribution in [-0.2, 0) is 37.7 Å². The first-order valence-electron chi connectivity index (χ1n) is 0.698. The summed E-state index contributed by atoms with van der Waals surface area (Å²) in [6.45, 7) is 0. The Labute approximate surface area is 61.4 Å². The van der Waals surface area contributed by atoms with Crippen molar-refractivity contribution in [2.24, 2.45) is 0 Å². The van der Waals surface area contributed by atoms with Gasteiger partial charge >= 0.3 is 10.4 Å². The molecule has 0 bridgehead atoms. The summed E-state index contributed by atoms with van der Waals surface area (Å²) in [5.41, 5.74) is 0. The van der Waals surface area contributed by atoms with Crippen molar-refractivity contribution in [3.63, 3.8) is 0 Å². The first-order chi connectivity index (χ1) is 2.00. The second kappa shape index (κ2) is 4.90. The predicted molar refractivity (Wildman–Crippen MR) is 19.2 cm³/mol. The maximum absolute atomic E-state index is 8.74. The van der Waals surface area contributed by atoms with Crippen molar-refractivity contribution in [1.29, 1.82) is 0 Å². The Kier molecular flexibility index (Phi) is 11.0. The first-order valence-corrected chi connectivity index (χ1v) is 2.10. The molecule has 0 spiro atoms.